The van der Waals surface area contributed by atoms with Gasteiger partial charge in [-0.25, -0.2) is 0 Å². The molecule has 18 heavy (non-hydrogen) atoms. The molecule has 1 aromatic heterocycles. The van der Waals surface area contributed by atoms with Crippen molar-refractivity contribution in [3.63, 3.8) is 0 Å². The van der Waals surface area contributed by atoms with E-state index in [0.29, 0.717) is 0 Å². The second kappa shape index (κ2) is 5.56. The first-order valence-corrected chi connectivity index (χ1v) is 13.2. The minimum Gasteiger partial charge on any atom is -0.262 e. The van der Waals surface area contributed by atoms with Crippen molar-refractivity contribution in [2.45, 2.75) is 39.3 Å². The molecule has 0 fully saturated rings. The third kappa shape index (κ3) is 6.44. The normalized spacial score (nSPS) is 11.0. The Morgan fingerprint density at radius 3 is 1.50 bits per heavy atom. The summed E-state index contributed by atoms with van der Waals surface area (Å²) in [5.41, 5.74) is 8.64. The Morgan fingerprint density at radius 1 is 0.778 bits per heavy atom. The maximum absolute atomic E-state index is 4.21. The largest absolute Gasteiger partial charge is 0.262 e. The van der Waals surface area contributed by atoms with E-state index in [1.807, 2.05) is 18.5 Å². The van der Waals surface area contributed by atoms with E-state index in [2.05, 4.69) is 67.2 Å². The van der Waals surface area contributed by atoms with Crippen molar-refractivity contribution < 1.29 is 0 Å². The van der Waals surface area contributed by atoms with Crippen LogP contribution in [0.2, 0.25) is 39.3 Å². The predicted octanol–water partition coefficient (Wildman–Crippen LogP) is 3.54. The summed E-state index contributed by atoms with van der Waals surface area (Å²) in [6.45, 7) is 13.4. The number of rotatable bonds is 0. The lowest BCUT2D eigenvalue weighted by molar-refractivity contribution is 1.30. The lowest BCUT2D eigenvalue weighted by atomic mass is 10.2. The number of aromatic nitrogens is 1. The zero-order valence-corrected chi connectivity index (χ0v) is 14.2. The van der Waals surface area contributed by atoms with E-state index in [9.17, 15) is 0 Å². The Morgan fingerprint density at radius 2 is 1.17 bits per heavy atom. The van der Waals surface area contributed by atoms with Gasteiger partial charge in [0.2, 0.25) is 0 Å². The highest BCUT2D eigenvalue weighted by atomic mass is 28.3. The van der Waals surface area contributed by atoms with Gasteiger partial charge >= 0.3 is 0 Å². The van der Waals surface area contributed by atoms with Crippen LogP contribution in [0.25, 0.3) is 0 Å². The van der Waals surface area contributed by atoms with Gasteiger partial charge in [-0.05, 0) is 6.07 Å². The van der Waals surface area contributed by atoms with Gasteiger partial charge in [0.05, 0.1) is 0 Å². The van der Waals surface area contributed by atoms with E-state index >= 15 is 0 Å². The molecule has 94 valence electrons. The minimum atomic E-state index is -1.32. The van der Waals surface area contributed by atoms with Crippen LogP contribution >= 0.6 is 0 Å². The zero-order valence-electron chi connectivity index (χ0n) is 12.2. The van der Waals surface area contributed by atoms with E-state index in [-0.39, 0.29) is 0 Å². The molecule has 0 amide bonds. The first kappa shape index (κ1) is 14.8. The van der Waals surface area contributed by atoms with Crippen LogP contribution in [-0.4, -0.2) is 21.1 Å². The van der Waals surface area contributed by atoms with Crippen LogP contribution in [0.15, 0.2) is 18.5 Å². The lowest BCUT2D eigenvalue weighted by Crippen LogP contribution is -2.16. The van der Waals surface area contributed by atoms with Gasteiger partial charge in [0, 0.05) is 23.5 Å². The highest BCUT2D eigenvalue weighted by molar-refractivity contribution is 6.84. The van der Waals surface area contributed by atoms with Gasteiger partial charge in [0.25, 0.3) is 0 Å². The van der Waals surface area contributed by atoms with E-state index in [4.69, 9.17) is 0 Å². The first-order chi connectivity index (χ1) is 8.16. The molecular weight excluding hydrogens is 250 g/mol. The summed E-state index contributed by atoms with van der Waals surface area (Å²) in [6, 6.07) is 2.04. The Bertz CT molecular complexity index is 493. The molecule has 1 heterocycles. The molecule has 3 heteroatoms. The average molecular weight is 272 g/mol. The molecule has 0 spiro atoms. The topological polar surface area (TPSA) is 12.9 Å². The molecule has 0 aliphatic carbocycles. The SMILES string of the molecule is C[Si](C)(C)C#Cc1cncc(C#C[Si](C)(C)C)c1. The van der Waals surface area contributed by atoms with Crippen molar-refractivity contribution >= 4 is 16.1 Å². The molecule has 1 nitrogen and oxygen atoms in total. The van der Waals surface area contributed by atoms with Gasteiger partial charge < -0.3 is 0 Å². The van der Waals surface area contributed by atoms with Crippen molar-refractivity contribution in [1.29, 1.82) is 0 Å². The van der Waals surface area contributed by atoms with Crippen LogP contribution < -0.4 is 0 Å². The van der Waals surface area contributed by atoms with E-state index < -0.39 is 16.1 Å². The van der Waals surface area contributed by atoms with Gasteiger partial charge in [-0.2, -0.15) is 0 Å². The summed E-state index contributed by atoms with van der Waals surface area (Å²) in [7, 11) is -2.65. The number of hydrogen-bond donors (Lipinski definition) is 0. The standard InChI is InChI=1S/C15H21NSi2/c1-17(2,3)9-7-14-11-15(13-16-12-14)8-10-18(4,5)6/h11-13H,1-6H3. The quantitative estimate of drug-likeness (QED) is 0.519. The Balaban J connectivity index is 2.99. The van der Waals surface area contributed by atoms with Gasteiger partial charge in [-0.1, -0.05) is 51.1 Å². The molecule has 0 N–H and O–H groups in total. The van der Waals surface area contributed by atoms with Crippen LogP contribution in [0.5, 0.6) is 0 Å². The molecule has 0 radical (unpaired) electrons. The number of pyridine rings is 1. The third-order valence-electron chi connectivity index (χ3n) is 1.90. The predicted molar refractivity (Wildman–Crippen MR) is 84.7 cm³/mol. The first-order valence-electron chi connectivity index (χ1n) is 6.17. The molecule has 0 atom stereocenters. The van der Waals surface area contributed by atoms with E-state index in [0.717, 1.165) is 11.1 Å². The molecule has 0 bridgehead atoms. The van der Waals surface area contributed by atoms with Crippen molar-refractivity contribution in [2.24, 2.45) is 0 Å². The summed E-state index contributed by atoms with van der Waals surface area (Å²) in [5, 5.41) is 0. The summed E-state index contributed by atoms with van der Waals surface area (Å²) in [4.78, 5) is 4.21. The van der Waals surface area contributed by atoms with Gasteiger partial charge in [-0.15, -0.1) is 11.1 Å². The molecule has 1 rings (SSSR count). The summed E-state index contributed by atoms with van der Waals surface area (Å²) in [5.74, 6) is 6.43. The third-order valence-corrected chi connectivity index (χ3v) is 3.65. The van der Waals surface area contributed by atoms with E-state index in [1.165, 1.54) is 0 Å². The van der Waals surface area contributed by atoms with Crippen LogP contribution in [0.3, 0.4) is 0 Å². The van der Waals surface area contributed by atoms with Crippen LogP contribution in [0.4, 0.5) is 0 Å². The lowest BCUT2D eigenvalue weighted by Gasteiger charge is -2.04. The molecule has 0 saturated carbocycles. The summed E-state index contributed by atoms with van der Waals surface area (Å²) in [6.07, 6.45) is 3.62. The van der Waals surface area contributed by atoms with Crippen molar-refractivity contribution in [2.75, 3.05) is 0 Å². The van der Waals surface area contributed by atoms with Crippen molar-refractivity contribution in [3.8, 4) is 22.9 Å². The molecular formula is C15H21NSi2. The van der Waals surface area contributed by atoms with Crippen molar-refractivity contribution in [3.05, 3.63) is 29.6 Å². The molecule has 0 unspecified atom stereocenters. The number of hydrogen-bond acceptors (Lipinski definition) is 1. The monoisotopic (exact) mass is 271 g/mol. The van der Waals surface area contributed by atoms with Gasteiger partial charge in [0.15, 0.2) is 0 Å². The summed E-state index contributed by atoms with van der Waals surface area (Å²) >= 11 is 0. The van der Waals surface area contributed by atoms with Crippen LogP contribution in [0.1, 0.15) is 11.1 Å². The van der Waals surface area contributed by atoms with Gasteiger partial charge in [0.1, 0.15) is 16.1 Å². The smallest absolute Gasteiger partial charge is 0.129 e. The Labute approximate surface area is 113 Å². The highest BCUT2D eigenvalue weighted by Crippen LogP contribution is 2.04. The van der Waals surface area contributed by atoms with Gasteiger partial charge in [-0.3, -0.25) is 4.98 Å². The maximum atomic E-state index is 4.21. The minimum absolute atomic E-state index is 0.972. The molecule has 0 saturated heterocycles. The fourth-order valence-electron chi connectivity index (χ4n) is 1.10. The Kier molecular flexibility index (Phi) is 4.56. The fourth-order valence-corrected chi connectivity index (χ4v) is 2.13. The zero-order chi connectivity index (χ0) is 13.8. The van der Waals surface area contributed by atoms with Crippen molar-refractivity contribution in [1.82, 2.24) is 4.98 Å². The highest BCUT2D eigenvalue weighted by Gasteiger charge is 2.08. The second-order valence-electron chi connectivity index (χ2n) is 6.46. The molecule has 0 aliphatic heterocycles. The average Bonchev–Trinajstić information content (AvgIpc) is 2.22. The number of nitrogens with zero attached hydrogens (tertiary/aromatic N) is 1. The maximum Gasteiger partial charge on any atom is 0.129 e. The molecule has 0 aliphatic rings. The van der Waals surface area contributed by atoms with Crippen LogP contribution in [-0.2, 0) is 0 Å². The fraction of sp³-hybridized carbons (Fsp3) is 0.400. The Hall–Kier alpha value is -1.30. The molecule has 0 aromatic carbocycles. The van der Waals surface area contributed by atoms with E-state index in [1.54, 1.807) is 0 Å². The second-order valence-corrected chi connectivity index (χ2v) is 16.0. The molecule has 1 aromatic rings. The summed E-state index contributed by atoms with van der Waals surface area (Å²) < 4.78 is 0. The van der Waals surface area contributed by atoms with Crippen LogP contribution in [0, 0.1) is 22.9 Å².